The molecule has 0 aliphatic heterocycles. The topological polar surface area (TPSA) is 169 Å². The van der Waals surface area contributed by atoms with E-state index in [4.69, 9.17) is 30.5 Å². The summed E-state index contributed by atoms with van der Waals surface area (Å²) in [5, 5.41) is 66.3. The lowest BCUT2D eigenvalue weighted by Gasteiger charge is -2.42. The molecule has 0 aromatic carbocycles. The summed E-state index contributed by atoms with van der Waals surface area (Å²) in [5.74, 6) is 0. The third kappa shape index (κ3) is 4.63. The van der Waals surface area contributed by atoms with Crippen LogP contribution in [-0.2, 0) is 25.4 Å². The Hall–Kier alpha value is 0.250. The van der Waals surface area contributed by atoms with Crippen molar-refractivity contribution in [2.45, 2.75) is 42.7 Å². The van der Waals surface area contributed by atoms with E-state index in [1.165, 1.54) is 0 Å². The molecule has 0 aromatic rings. The summed E-state index contributed by atoms with van der Waals surface area (Å²) in [6.07, 6.45) is -11.6. The van der Waals surface area contributed by atoms with Crippen LogP contribution in [0.4, 0.5) is 0 Å². The lowest BCUT2D eigenvalue weighted by Crippen LogP contribution is -2.64. The smallest absolute Gasteiger partial charge is 0.327 e. The molecule has 7 N–H and O–H groups in total. The average Bonchev–Trinajstić information content (AvgIpc) is 2.52. The van der Waals surface area contributed by atoms with Crippen LogP contribution in [0, 0.1) is 0 Å². The Kier molecular flexibility index (Phi) is 7.73. The molecule has 1 fully saturated rings. The number of rotatable bonds is 7. The molecule has 12 heteroatoms. The number of aliphatic hydroxyl groups excluding tert-OH is 7. The zero-order valence-electron chi connectivity index (χ0n) is 11.7. The van der Waals surface area contributed by atoms with Gasteiger partial charge in [0, 0.05) is 7.11 Å². The standard InChI is InChI=1S/C10H21O10PS/c1-18-21(22,19-3-4(12)2-11)20-10-8(16)6(14)5(13)7(15)9(10)17/h4-17H,2-3H2,1H3/t4?,5-,6-,7+,8-,9-,10-,21?/m1/s1. The number of hydrogen-bond donors (Lipinski definition) is 7. The molecule has 1 rings (SSSR count). The predicted octanol–water partition coefficient (Wildman–Crippen LogP) is -3.57. The fraction of sp³-hybridized carbons (Fsp3) is 1.00. The highest BCUT2D eigenvalue weighted by molar-refractivity contribution is 8.07. The molecule has 1 aliphatic rings. The normalized spacial score (nSPS) is 40.2. The van der Waals surface area contributed by atoms with Gasteiger partial charge >= 0.3 is 6.72 Å². The molecule has 1 aliphatic carbocycles. The molecule has 2 unspecified atom stereocenters. The Morgan fingerprint density at radius 1 is 1.00 bits per heavy atom. The molecule has 22 heavy (non-hydrogen) atoms. The van der Waals surface area contributed by atoms with Crippen molar-refractivity contribution in [1.29, 1.82) is 0 Å². The lowest BCUT2D eigenvalue weighted by atomic mass is 9.85. The summed E-state index contributed by atoms with van der Waals surface area (Å²) in [6.45, 7) is -4.55. The first-order valence-corrected chi connectivity index (χ1v) is 8.90. The van der Waals surface area contributed by atoms with E-state index in [0.717, 1.165) is 7.11 Å². The third-order valence-corrected chi connectivity index (χ3v) is 5.62. The van der Waals surface area contributed by atoms with Gasteiger partial charge in [0.15, 0.2) is 0 Å². The van der Waals surface area contributed by atoms with Crippen LogP contribution in [-0.4, -0.2) is 98.8 Å². The zero-order chi connectivity index (χ0) is 17.1. The Labute approximate surface area is 131 Å². The van der Waals surface area contributed by atoms with Gasteiger partial charge in [0.1, 0.15) is 42.7 Å². The highest BCUT2D eigenvalue weighted by Gasteiger charge is 2.50. The van der Waals surface area contributed by atoms with E-state index >= 15 is 0 Å². The van der Waals surface area contributed by atoms with Gasteiger partial charge in [-0.05, 0) is 11.8 Å². The minimum absolute atomic E-state index is 0.422. The van der Waals surface area contributed by atoms with Crippen LogP contribution >= 0.6 is 6.72 Å². The average molecular weight is 364 g/mol. The monoisotopic (exact) mass is 364 g/mol. The largest absolute Gasteiger partial charge is 0.394 e. The molecule has 1 saturated carbocycles. The summed E-state index contributed by atoms with van der Waals surface area (Å²) in [4.78, 5) is 0. The predicted molar refractivity (Wildman–Crippen MR) is 75.2 cm³/mol. The van der Waals surface area contributed by atoms with Crippen LogP contribution in [0.5, 0.6) is 0 Å². The second-order valence-electron chi connectivity index (χ2n) is 4.78. The maximum Gasteiger partial charge on any atom is 0.327 e. The van der Waals surface area contributed by atoms with Gasteiger partial charge in [0.05, 0.1) is 13.2 Å². The van der Waals surface area contributed by atoms with Crippen molar-refractivity contribution in [1.82, 2.24) is 0 Å². The van der Waals surface area contributed by atoms with Crippen molar-refractivity contribution < 1.29 is 49.3 Å². The fourth-order valence-electron chi connectivity index (χ4n) is 1.83. The highest BCUT2D eigenvalue weighted by Crippen LogP contribution is 2.51. The second-order valence-corrected chi connectivity index (χ2v) is 7.86. The van der Waals surface area contributed by atoms with Crippen LogP contribution in [0.2, 0.25) is 0 Å². The molecule has 132 valence electrons. The molecular formula is C10H21O10PS. The summed E-state index contributed by atoms with van der Waals surface area (Å²) in [7, 11) is 1.13. The van der Waals surface area contributed by atoms with Crippen LogP contribution in [0.1, 0.15) is 0 Å². The second kappa shape index (κ2) is 8.38. The summed E-state index contributed by atoms with van der Waals surface area (Å²) in [5.41, 5.74) is 0. The Bertz CT molecular complexity index is 382. The first kappa shape index (κ1) is 20.3. The van der Waals surface area contributed by atoms with Gasteiger partial charge in [-0.3, -0.25) is 4.52 Å². The fourth-order valence-corrected chi connectivity index (χ4v) is 3.46. The van der Waals surface area contributed by atoms with E-state index in [1.54, 1.807) is 0 Å². The molecule has 0 radical (unpaired) electrons. The molecule has 10 nitrogen and oxygen atoms in total. The van der Waals surface area contributed by atoms with Gasteiger partial charge in [0.25, 0.3) is 0 Å². The van der Waals surface area contributed by atoms with Gasteiger partial charge in [-0.15, -0.1) is 0 Å². The minimum atomic E-state index is -3.54. The Balaban J connectivity index is 2.82. The first-order chi connectivity index (χ1) is 10.2. The van der Waals surface area contributed by atoms with E-state index in [9.17, 15) is 30.6 Å². The highest BCUT2D eigenvalue weighted by atomic mass is 32.5. The van der Waals surface area contributed by atoms with Gasteiger partial charge in [-0.2, -0.15) is 0 Å². The van der Waals surface area contributed by atoms with E-state index in [0.29, 0.717) is 0 Å². The third-order valence-electron chi connectivity index (χ3n) is 3.18. The van der Waals surface area contributed by atoms with Crippen LogP contribution in [0.25, 0.3) is 0 Å². The van der Waals surface area contributed by atoms with Gasteiger partial charge < -0.3 is 44.8 Å². The van der Waals surface area contributed by atoms with E-state index in [-0.39, 0.29) is 0 Å². The Morgan fingerprint density at radius 3 is 1.86 bits per heavy atom. The van der Waals surface area contributed by atoms with E-state index in [2.05, 4.69) is 0 Å². The first-order valence-electron chi connectivity index (χ1n) is 6.34. The van der Waals surface area contributed by atoms with Gasteiger partial charge in [0.2, 0.25) is 0 Å². The SMILES string of the molecule is COP(=S)(OCC(O)CO)O[C@@H]1[C@H](O)[C@H](O)[C@@H](O)[C@H](O)[C@H]1O. The molecule has 8 atom stereocenters. The summed E-state index contributed by atoms with van der Waals surface area (Å²) in [6, 6.07) is 0. The van der Waals surface area contributed by atoms with E-state index in [1.807, 2.05) is 0 Å². The molecular weight excluding hydrogens is 343 g/mol. The van der Waals surface area contributed by atoms with Crippen LogP contribution in [0.3, 0.4) is 0 Å². The van der Waals surface area contributed by atoms with Crippen molar-refractivity contribution >= 4 is 18.5 Å². The lowest BCUT2D eigenvalue weighted by molar-refractivity contribution is -0.218. The molecule has 0 aromatic heterocycles. The van der Waals surface area contributed by atoms with Crippen molar-refractivity contribution in [2.75, 3.05) is 20.3 Å². The number of aliphatic hydroxyl groups is 7. The summed E-state index contributed by atoms with van der Waals surface area (Å²) >= 11 is 4.97. The zero-order valence-corrected chi connectivity index (χ0v) is 13.4. The number of hydrogen-bond acceptors (Lipinski definition) is 11. The molecule has 0 spiro atoms. The molecule has 0 heterocycles. The quantitative estimate of drug-likeness (QED) is 0.223. The maximum absolute atomic E-state index is 9.84. The van der Waals surface area contributed by atoms with Gasteiger partial charge in [-0.1, -0.05) is 0 Å². The van der Waals surface area contributed by atoms with Crippen molar-refractivity contribution in [3.8, 4) is 0 Å². The molecule has 0 amide bonds. The molecule has 0 bridgehead atoms. The maximum atomic E-state index is 9.84. The van der Waals surface area contributed by atoms with Crippen molar-refractivity contribution in [3.63, 3.8) is 0 Å². The van der Waals surface area contributed by atoms with Crippen molar-refractivity contribution in [3.05, 3.63) is 0 Å². The van der Waals surface area contributed by atoms with Gasteiger partial charge in [-0.25, -0.2) is 0 Å². The van der Waals surface area contributed by atoms with Crippen molar-refractivity contribution in [2.24, 2.45) is 0 Å². The molecule has 0 saturated heterocycles. The van der Waals surface area contributed by atoms with Crippen LogP contribution in [0.15, 0.2) is 0 Å². The Morgan fingerprint density at radius 2 is 1.45 bits per heavy atom. The van der Waals surface area contributed by atoms with Crippen LogP contribution < -0.4 is 0 Å². The minimum Gasteiger partial charge on any atom is -0.394 e. The summed E-state index contributed by atoms with van der Waals surface area (Å²) < 4.78 is 15.1. The van der Waals surface area contributed by atoms with E-state index < -0.39 is 62.7 Å².